The number of hydrogen-bond acceptors (Lipinski definition) is 3. The third kappa shape index (κ3) is 3.77. The Hall–Kier alpha value is -1.35. The first-order valence-electron chi connectivity index (χ1n) is 13.2. The Bertz CT molecular complexity index is 875. The number of allylic oxidation sites excluding steroid dienone is 6. The minimum atomic E-state index is -0.209. The van der Waals surface area contributed by atoms with Crippen LogP contribution in [0.25, 0.3) is 0 Å². The average molecular weight is 455 g/mol. The molecule has 4 fully saturated rings. The monoisotopic (exact) mass is 454 g/mol. The maximum Gasteiger partial charge on any atom is 0.306 e. The van der Waals surface area contributed by atoms with Crippen LogP contribution in [0.1, 0.15) is 93.4 Å². The van der Waals surface area contributed by atoms with Gasteiger partial charge in [0.1, 0.15) is 0 Å². The van der Waals surface area contributed by atoms with Crippen LogP contribution in [0.2, 0.25) is 0 Å². The van der Waals surface area contributed by atoms with E-state index in [2.05, 4.69) is 72.8 Å². The summed E-state index contributed by atoms with van der Waals surface area (Å²) in [5.41, 5.74) is 2.69. The summed E-state index contributed by atoms with van der Waals surface area (Å²) in [7, 11) is 0. The molecule has 1 N–H and O–H groups in total. The molecule has 1 saturated heterocycles. The molecule has 1 spiro atoms. The third-order valence-corrected chi connectivity index (χ3v) is 10.8. The van der Waals surface area contributed by atoms with Crippen LogP contribution in [0.15, 0.2) is 35.5 Å². The lowest BCUT2D eigenvalue weighted by Crippen LogP contribution is -2.65. The largest absolute Gasteiger partial charge is 0.465 e. The van der Waals surface area contributed by atoms with E-state index in [1.165, 1.54) is 17.6 Å². The topological polar surface area (TPSA) is 46.5 Å². The Morgan fingerprint density at radius 1 is 1.00 bits per heavy atom. The van der Waals surface area contributed by atoms with Crippen LogP contribution < -0.4 is 0 Å². The fourth-order valence-corrected chi connectivity index (χ4v) is 9.01. The Morgan fingerprint density at radius 2 is 1.73 bits per heavy atom. The van der Waals surface area contributed by atoms with Gasteiger partial charge < -0.3 is 9.84 Å². The summed E-state index contributed by atoms with van der Waals surface area (Å²) in [6.45, 7) is 16.6. The maximum absolute atomic E-state index is 12.6. The molecule has 4 aliphatic rings. The lowest BCUT2D eigenvalue weighted by molar-refractivity contribution is -0.222. The molecule has 0 bridgehead atoms. The first-order chi connectivity index (χ1) is 15.4. The molecule has 3 aliphatic carbocycles. The van der Waals surface area contributed by atoms with Gasteiger partial charge in [0.25, 0.3) is 0 Å². The van der Waals surface area contributed by atoms with Crippen molar-refractivity contribution in [2.24, 2.45) is 39.4 Å². The Kier molecular flexibility index (Phi) is 6.30. The highest BCUT2D eigenvalue weighted by Gasteiger charge is 2.69. The molecule has 3 unspecified atom stereocenters. The predicted molar refractivity (Wildman–Crippen MR) is 135 cm³/mol. The molecule has 3 nitrogen and oxygen atoms in total. The first kappa shape index (κ1) is 24.8. The minimum Gasteiger partial charge on any atom is -0.465 e. The number of carbonyl (C=O) groups excluding carboxylic acids is 1. The van der Waals surface area contributed by atoms with E-state index in [4.69, 9.17) is 4.74 Å². The molecule has 1 aliphatic heterocycles. The van der Waals surface area contributed by atoms with Crippen molar-refractivity contribution in [3.05, 3.63) is 35.5 Å². The lowest BCUT2D eigenvalue weighted by atomic mass is 9.35. The molecule has 3 heteroatoms. The van der Waals surface area contributed by atoms with Crippen LogP contribution in [-0.4, -0.2) is 23.8 Å². The number of hydrogen-bond donors (Lipinski definition) is 1. The zero-order valence-corrected chi connectivity index (χ0v) is 22.0. The molecule has 0 amide bonds. The molecular formula is C30H46O3. The van der Waals surface area contributed by atoms with E-state index in [9.17, 15) is 9.90 Å². The van der Waals surface area contributed by atoms with Crippen molar-refractivity contribution in [1.29, 1.82) is 0 Å². The Morgan fingerprint density at radius 3 is 2.36 bits per heavy atom. The fraction of sp³-hybridized carbons (Fsp3) is 0.767. The minimum absolute atomic E-state index is 0.0142. The van der Waals surface area contributed by atoms with Gasteiger partial charge in [-0.15, -0.1) is 0 Å². The maximum atomic E-state index is 12.6. The van der Waals surface area contributed by atoms with Crippen molar-refractivity contribution >= 4 is 5.97 Å². The highest BCUT2D eigenvalue weighted by molar-refractivity contribution is 5.73. The summed E-state index contributed by atoms with van der Waals surface area (Å²) >= 11 is 0. The van der Waals surface area contributed by atoms with E-state index in [-0.39, 0.29) is 33.7 Å². The number of esters is 1. The Labute approximate surface area is 201 Å². The van der Waals surface area contributed by atoms with E-state index in [1.54, 1.807) is 0 Å². The van der Waals surface area contributed by atoms with E-state index in [1.807, 2.05) is 0 Å². The quantitative estimate of drug-likeness (QED) is 0.368. The second kappa shape index (κ2) is 8.40. The molecule has 4 rings (SSSR count). The zero-order chi connectivity index (χ0) is 24.2. The SMILES string of the molecule is CC(C)=C/C=C/C(C)=C/C1CCC2[C@@]3(C)CC[C@H](O)C(C)(C)C3CC[C@@]2(C)[C@]12COC(=O)C2. The number of fused-ring (bicyclic) bond motifs is 4. The molecule has 0 aromatic heterocycles. The van der Waals surface area contributed by atoms with Crippen molar-refractivity contribution in [3.8, 4) is 0 Å². The van der Waals surface area contributed by atoms with Crippen molar-refractivity contribution < 1.29 is 14.6 Å². The van der Waals surface area contributed by atoms with E-state index in [0.29, 0.717) is 30.8 Å². The molecule has 3 saturated carbocycles. The number of ether oxygens (including phenoxy) is 1. The van der Waals surface area contributed by atoms with Gasteiger partial charge >= 0.3 is 5.97 Å². The molecular weight excluding hydrogens is 408 g/mol. The second-order valence-corrected chi connectivity index (χ2v) is 13.1. The number of aliphatic hydroxyl groups is 1. The average Bonchev–Trinajstić information content (AvgIpc) is 3.11. The molecule has 184 valence electrons. The molecule has 1 heterocycles. The fourth-order valence-electron chi connectivity index (χ4n) is 9.01. The van der Waals surface area contributed by atoms with Gasteiger partial charge in [-0.05, 0) is 93.3 Å². The van der Waals surface area contributed by atoms with Gasteiger partial charge in [0, 0.05) is 5.41 Å². The van der Waals surface area contributed by atoms with E-state index < -0.39 is 0 Å². The number of carbonyl (C=O) groups is 1. The second-order valence-electron chi connectivity index (χ2n) is 13.1. The summed E-state index contributed by atoms with van der Waals surface area (Å²) in [5.74, 6) is 1.45. The third-order valence-electron chi connectivity index (χ3n) is 10.8. The van der Waals surface area contributed by atoms with E-state index in [0.717, 1.165) is 32.1 Å². The number of cyclic esters (lactones) is 1. The summed E-state index contributed by atoms with van der Waals surface area (Å²) in [4.78, 5) is 12.6. The Balaban J connectivity index is 1.72. The molecule has 0 aromatic rings. The van der Waals surface area contributed by atoms with Crippen molar-refractivity contribution in [2.45, 2.75) is 99.5 Å². The van der Waals surface area contributed by atoms with Crippen LogP contribution >= 0.6 is 0 Å². The van der Waals surface area contributed by atoms with Crippen LogP contribution in [0.4, 0.5) is 0 Å². The lowest BCUT2D eigenvalue weighted by Gasteiger charge is -2.69. The van der Waals surface area contributed by atoms with Gasteiger partial charge in [0.2, 0.25) is 0 Å². The first-order valence-corrected chi connectivity index (χ1v) is 13.2. The van der Waals surface area contributed by atoms with Gasteiger partial charge in [-0.1, -0.05) is 63.1 Å². The highest BCUT2D eigenvalue weighted by atomic mass is 16.5. The molecule has 0 aromatic carbocycles. The summed E-state index contributed by atoms with van der Waals surface area (Å²) in [6, 6.07) is 0. The standard InChI is InChI=1S/C30H46O3/c1-20(2)9-8-10-21(3)17-22-11-12-24-28(6)15-14-25(31)27(4,5)23(28)13-16-29(24,7)30(22)18-26(32)33-19-30/h8-10,17,22-25,31H,11-16,18-19H2,1-7H3/b10-8+,21-17+/t22?,23?,24?,25-,28-,29+,30+/m0/s1. The van der Waals surface area contributed by atoms with Crippen LogP contribution in [0.3, 0.4) is 0 Å². The van der Waals surface area contributed by atoms with Crippen molar-refractivity contribution in [2.75, 3.05) is 6.61 Å². The van der Waals surface area contributed by atoms with Gasteiger partial charge in [0.15, 0.2) is 0 Å². The van der Waals surface area contributed by atoms with Gasteiger partial charge in [-0.2, -0.15) is 0 Å². The summed E-state index contributed by atoms with van der Waals surface area (Å²) in [6.07, 6.45) is 15.9. The van der Waals surface area contributed by atoms with Gasteiger partial charge in [0.05, 0.1) is 19.1 Å². The predicted octanol–water partition coefficient (Wildman–Crippen LogP) is 7.02. The van der Waals surface area contributed by atoms with Gasteiger partial charge in [-0.3, -0.25) is 4.79 Å². The normalized spacial score (nSPS) is 45.0. The smallest absolute Gasteiger partial charge is 0.306 e. The van der Waals surface area contributed by atoms with Crippen molar-refractivity contribution in [3.63, 3.8) is 0 Å². The van der Waals surface area contributed by atoms with Crippen LogP contribution in [0.5, 0.6) is 0 Å². The zero-order valence-electron chi connectivity index (χ0n) is 22.0. The number of rotatable bonds is 3. The molecule has 33 heavy (non-hydrogen) atoms. The molecule has 0 radical (unpaired) electrons. The van der Waals surface area contributed by atoms with Crippen LogP contribution in [-0.2, 0) is 9.53 Å². The highest BCUT2D eigenvalue weighted by Crippen LogP contribution is 2.73. The summed E-state index contributed by atoms with van der Waals surface area (Å²) < 4.78 is 5.78. The van der Waals surface area contributed by atoms with Crippen LogP contribution in [0, 0.1) is 39.4 Å². The molecule has 7 atom stereocenters. The van der Waals surface area contributed by atoms with Gasteiger partial charge in [-0.25, -0.2) is 0 Å². The summed E-state index contributed by atoms with van der Waals surface area (Å²) in [5, 5.41) is 10.9. The van der Waals surface area contributed by atoms with Crippen molar-refractivity contribution in [1.82, 2.24) is 0 Å². The van der Waals surface area contributed by atoms with E-state index >= 15 is 0 Å². The number of aliphatic hydroxyl groups excluding tert-OH is 1.